The number of sulfone groups is 1. The number of nitrogens with one attached hydrogen (secondary N) is 8. The highest BCUT2D eigenvalue weighted by molar-refractivity contribution is 8.17. The number of nitrogens with zero attached hydrogens (tertiary/aromatic N) is 3. The molecule has 93 heavy (non-hydrogen) atoms. The number of H-pyrrole nitrogens is 1. The molecule has 7 rings (SSSR count). The highest BCUT2D eigenvalue weighted by atomic mass is 32.2. The Kier molecular flexibility index (Phi) is 24.8. The van der Waals surface area contributed by atoms with Crippen LogP contribution in [0.15, 0.2) is 23.2 Å². The Balaban J connectivity index is 1.18. The molecule has 1 aromatic carbocycles. The van der Waals surface area contributed by atoms with Crippen molar-refractivity contribution in [1.29, 1.82) is 0 Å². The molecule has 5 aliphatic heterocycles. The van der Waals surface area contributed by atoms with E-state index in [1.54, 1.807) is 0 Å². The van der Waals surface area contributed by atoms with Crippen LogP contribution in [-0.2, 0) is 84.8 Å². The van der Waals surface area contributed by atoms with Gasteiger partial charge in [-0.25, -0.2) is 8.42 Å². The number of aliphatic hydroxyl groups excluding tert-OH is 5. The summed E-state index contributed by atoms with van der Waals surface area (Å²) < 4.78 is 41.9. The maximum atomic E-state index is 15.0. The van der Waals surface area contributed by atoms with Crippen LogP contribution < -0.4 is 36.8 Å². The van der Waals surface area contributed by atoms with Crippen LogP contribution in [0.4, 0.5) is 0 Å². The molecule has 514 valence electrons. The van der Waals surface area contributed by atoms with Gasteiger partial charge in [0.15, 0.2) is 15.6 Å². The minimum atomic E-state index is -4.28. The number of benzene rings is 1. The summed E-state index contributed by atoms with van der Waals surface area (Å²) in [6.07, 6.45) is -7.67. The molecule has 36 heteroatoms. The molecule has 5 aliphatic rings. The second-order valence-corrected chi connectivity index (χ2v) is 32.0. The first-order valence-corrected chi connectivity index (χ1v) is 36.1. The summed E-state index contributed by atoms with van der Waals surface area (Å²) in [5.41, 5.74) is -1.74. The average molecular weight is 1380 g/mol. The summed E-state index contributed by atoms with van der Waals surface area (Å²) in [6.45, 7) is 3.07. The van der Waals surface area contributed by atoms with Gasteiger partial charge in [-0.05, 0) is 62.8 Å². The second kappa shape index (κ2) is 31.1. The molecule has 32 nitrogen and oxygen atoms in total. The number of hydrogen-bond acceptors (Lipinski definition) is 23. The zero-order valence-corrected chi connectivity index (χ0v) is 55.4. The third-order valence-electron chi connectivity index (χ3n) is 16.8. The van der Waals surface area contributed by atoms with Crippen molar-refractivity contribution in [3.63, 3.8) is 0 Å². The van der Waals surface area contributed by atoms with Crippen LogP contribution in [0.25, 0.3) is 10.9 Å². The van der Waals surface area contributed by atoms with E-state index in [1.165, 1.54) is 62.5 Å². The molecule has 6 unspecified atom stereocenters. The van der Waals surface area contributed by atoms with Crippen LogP contribution in [-0.4, -0.2) is 263 Å². The molecule has 1 aromatic heterocycles. The Morgan fingerprint density at radius 1 is 0.774 bits per heavy atom. The van der Waals surface area contributed by atoms with Crippen molar-refractivity contribution >= 4 is 122 Å². The Morgan fingerprint density at radius 3 is 1.91 bits per heavy atom. The van der Waals surface area contributed by atoms with Gasteiger partial charge in [0.1, 0.15) is 47.1 Å². The van der Waals surface area contributed by atoms with Crippen molar-refractivity contribution in [2.45, 2.75) is 162 Å². The zero-order chi connectivity index (χ0) is 68.8. The average Bonchev–Trinajstić information content (AvgIpc) is 1.64. The lowest BCUT2D eigenvalue weighted by molar-refractivity contribution is -0.145. The molecule has 0 radical (unpaired) electrons. The van der Waals surface area contributed by atoms with Gasteiger partial charge in [-0.2, -0.15) is 0 Å². The first kappa shape index (κ1) is 74.2. The summed E-state index contributed by atoms with van der Waals surface area (Å²) >= 11 is 2.42. The largest absolute Gasteiger partial charge is 0.394 e. The molecule has 13 atom stereocenters. The maximum absolute atomic E-state index is 15.0. The number of Topliss-reactive ketones (excluding diaryl/α,β-unsaturated/α-hetero) is 2. The van der Waals surface area contributed by atoms with Crippen LogP contribution in [0.2, 0.25) is 0 Å². The van der Waals surface area contributed by atoms with E-state index in [9.17, 15) is 96.4 Å². The molecule has 10 amide bonds. The molecular formula is C57H82N11O21PS3. The van der Waals surface area contributed by atoms with Gasteiger partial charge in [-0.15, -0.1) is 23.5 Å². The molecule has 0 spiro atoms. The van der Waals surface area contributed by atoms with Crippen LogP contribution in [0.3, 0.4) is 0 Å². The normalized spacial score (nSPS) is 30.1. The van der Waals surface area contributed by atoms with E-state index in [1.807, 2.05) is 0 Å². The second-order valence-electron chi connectivity index (χ2n) is 24.7. The van der Waals surface area contributed by atoms with E-state index >= 15 is 4.79 Å². The number of carbonyl (C=O) groups excluding carboxylic acids is 12. The van der Waals surface area contributed by atoms with Gasteiger partial charge in [0.05, 0.1) is 54.1 Å². The van der Waals surface area contributed by atoms with Crippen molar-refractivity contribution < 1.29 is 101 Å². The van der Waals surface area contributed by atoms with Gasteiger partial charge in [-0.1, -0.05) is 19.9 Å². The molecule has 5 fully saturated rings. The summed E-state index contributed by atoms with van der Waals surface area (Å²) in [6, 6.07) is -6.45. The molecule has 0 saturated carbocycles. The van der Waals surface area contributed by atoms with E-state index in [0.717, 1.165) is 29.9 Å². The van der Waals surface area contributed by atoms with E-state index in [4.69, 9.17) is 0 Å². The van der Waals surface area contributed by atoms with E-state index < -0.39 is 209 Å². The van der Waals surface area contributed by atoms with Gasteiger partial charge in [0, 0.05) is 99.0 Å². The van der Waals surface area contributed by atoms with E-state index in [0.29, 0.717) is 15.5 Å². The van der Waals surface area contributed by atoms with Gasteiger partial charge in [0.25, 0.3) is 0 Å². The fourth-order valence-corrected chi connectivity index (χ4v) is 17.2. The summed E-state index contributed by atoms with van der Waals surface area (Å²) in [4.78, 5) is 171. The third kappa shape index (κ3) is 18.2. The number of carbonyl (C=O) groups is 12. The van der Waals surface area contributed by atoms with Crippen molar-refractivity contribution in [3.8, 4) is 0 Å². The van der Waals surface area contributed by atoms with E-state index in [2.05, 4.69) is 41.7 Å². The Bertz CT molecular complexity index is 3370. The SMILES string of the molecule is CC(C)C1NC(=O)[C@H](CC(C)(O)CO)NC(=O)[C@H](Cc2c(S(C)(=O)=O)[nH]c3ccc(CC(=O)CCCP4(=O)NCCN5C(=O)CC(SCSC6CC(=O)N(CCN4)C6=O)C5=O)cc23)CC(=O)[C@H](C)NC(=O)[C@@H]2C(O)[C@@H](O)CN2C(=O)C(CO)NC(=O)[C@@H]([C@H](C)O)NC1=O. The van der Waals surface area contributed by atoms with Crippen LogP contribution in [0, 0.1) is 11.8 Å². The number of amides is 10. The van der Waals surface area contributed by atoms with Gasteiger partial charge in [-0.3, -0.25) is 82.1 Å². The summed E-state index contributed by atoms with van der Waals surface area (Å²) in [7, 11) is -7.94. The van der Waals surface area contributed by atoms with Crippen molar-refractivity contribution in [2.75, 3.05) is 63.4 Å². The Morgan fingerprint density at radius 2 is 1.35 bits per heavy atom. The molecule has 2 aromatic rings. The first-order valence-electron chi connectivity index (χ1n) is 30.3. The highest BCUT2D eigenvalue weighted by Gasteiger charge is 2.50. The molecule has 5 saturated heterocycles. The lowest BCUT2D eigenvalue weighted by Crippen LogP contribution is -2.63. The van der Waals surface area contributed by atoms with Crippen LogP contribution >= 0.6 is 31.0 Å². The number of aliphatic hydroxyl groups is 6. The third-order valence-corrected chi connectivity index (χ3v) is 22.9. The fourth-order valence-electron chi connectivity index (χ4n) is 11.6. The van der Waals surface area contributed by atoms with Crippen LogP contribution in [0.1, 0.15) is 84.3 Å². The molecule has 4 bridgehead atoms. The molecular weight excluding hydrogens is 1300 g/mol. The van der Waals surface area contributed by atoms with Gasteiger partial charge in [0.2, 0.25) is 66.5 Å². The monoisotopic (exact) mass is 1380 g/mol. The van der Waals surface area contributed by atoms with Crippen molar-refractivity contribution in [3.05, 3.63) is 29.3 Å². The number of imide groups is 2. The van der Waals surface area contributed by atoms with Crippen molar-refractivity contribution in [1.82, 2.24) is 56.4 Å². The smallest absolute Gasteiger partial charge is 0.248 e. The lowest BCUT2D eigenvalue weighted by atomic mass is 9.89. The standard InChI is InChI=1S/C57H82N11O21PS3/c1-27(2)44-50(80)65-45(29(4)71)51(81)62-37(24-69)54(83)68-23-39(74)47(77)46(68)52(82)60-28(3)38(73)19-31(48(78)61-36(49(79)64-44)22-57(5,86)25-70)18-34-33-17-30(9-10-35(33)63-53(34)93(6,88)89)16-32(72)8-7-15-90(87)58-11-13-66-42(75)20-40(55(66)84)91-26-92-41-21-43(76)67(56(41)85)14-12-59-90/h9-10,17,27-29,31,36-37,39-41,44-47,63,69-71,74,77,86H,7-8,11-16,18-26H2,1-6H3,(H,60,82)(H,61,78)(H,62,81)(H,64,79)(H,65,80)(H2,58,59,87)/t28-,29-,31+,36-,37?,39-,40?,41?,44?,45+,46-,47?,57?,90?/m0/s1. The number of rotatable bonds is 15. The number of aromatic nitrogens is 1. The van der Waals surface area contributed by atoms with Crippen molar-refractivity contribution in [2.24, 2.45) is 11.8 Å². The molecule has 14 N–H and O–H groups in total. The lowest BCUT2D eigenvalue weighted by Gasteiger charge is -2.31. The Labute approximate surface area is 543 Å². The molecule has 6 heterocycles. The predicted octanol–water partition coefficient (Wildman–Crippen LogP) is -4.80. The number of hydrogen-bond donors (Lipinski definition) is 14. The number of ketones is 2. The minimum absolute atomic E-state index is 0.0139. The predicted molar refractivity (Wildman–Crippen MR) is 334 cm³/mol. The Hall–Kier alpha value is -6.24. The zero-order valence-electron chi connectivity index (χ0n) is 52.1. The first-order chi connectivity index (χ1) is 43.6. The van der Waals surface area contributed by atoms with Crippen LogP contribution in [0.5, 0.6) is 0 Å². The maximum Gasteiger partial charge on any atom is 0.248 e. The van der Waals surface area contributed by atoms with Gasteiger partial charge < -0.3 is 67.1 Å². The molecule has 0 aliphatic carbocycles. The number of thioether (sulfide) groups is 2. The summed E-state index contributed by atoms with van der Waals surface area (Å²) in [5.74, 6) is -12.7. The minimum Gasteiger partial charge on any atom is -0.394 e. The summed E-state index contributed by atoms with van der Waals surface area (Å²) in [5, 5.41) is 80.5. The number of aromatic amines is 1. The topological polar surface area (TPSA) is 487 Å². The fraction of sp³-hybridized carbons (Fsp3) is 0.649. The highest BCUT2D eigenvalue weighted by Crippen LogP contribution is 2.39. The van der Waals surface area contributed by atoms with Gasteiger partial charge >= 0.3 is 0 Å². The number of fused-ring (bicyclic) bond motifs is 6. The van der Waals surface area contributed by atoms with E-state index in [-0.39, 0.29) is 86.7 Å². The quantitative estimate of drug-likeness (QED) is 0.0588.